The Morgan fingerprint density at radius 1 is 1.10 bits per heavy atom. The minimum atomic E-state index is -3.96. The number of hydrogen-bond donors (Lipinski definition) is 2. The van der Waals surface area contributed by atoms with Gasteiger partial charge in [-0.1, -0.05) is 24.3 Å². The molecule has 29 heavy (non-hydrogen) atoms. The van der Waals surface area contributed by atoms with Crippen LogP contribution in [0.15, 0.2) is 38.8 Å². The minimum Gasteiger partial charge on any atom is -0.310 e. The summed E-state index contributed by atoms with van der Waals surface area (Å²) >= 11 is 0. The number of nitrogens with zero attached hydrogens (tertiary/aromatic N) is 2. The predicted octanol–water partition coefficient (Wildman–Crippen LogP) is 0.831. The SMILES string of the molecule is Cc1[nH]c(=O)[nH]c(=O)c1S(=O)(=O)N1CCCC(CN2CCc3ccccc3C2)C1. The molecule has 1 aromatic heterocycles. The van der Waals surface area contributed by atoms with Crippen molar-refractivity contribution in [2.24, 2.45) is 5.92 Å². The van der Waals surface area contributed by atoms with Gasteiger partial charge in [-0.3, -0.25) is 14.7 Å². The Morgan fingerprint density at radius 3 is 2.62 bits per heavy atom. The van der Waals surface area contributed by atoms with Gasteiger partial charge in [0, 0.05) is 38.4 Å². The van der Waals surface area contributed by atoms with Crippen LogP contribution in [0.4, 0.5) is 0 Å². The second-order valence-electron chi connectivity index (χ2n) is 7.99. The van der Waals surface area contributed by atoms with Crippen LogP contribution in [0.5, 0.6) is 0 Å². The molecule has 0 radical (unpaired) electrons. The van der Waals surface area contributed by atoms with Crippen molar-refractivity contribution in [1.82, 2.24) is 19.2 Å². The van der Waals surface area contributed by atoms with E-state index in [4.69, 9.17) is 0 Å². The fraction of sp³-hybridized carbons (Fsp3) is 0.500. The summed E-state index contributed by atoms with van der Waals surface area (Å²) in [5.41, 5.74) is 1.25. The third-order valence-corrected chi connectivity index (χ3v) is 7.90. The molecule has 0 saturated carbocycles. The van der Waals surface area contributed by atoms with Crippen LogP contribution in [-0.4, -0.2) is 53.8 Å². The van der Waals surface area contributed by atoms with Gasteiger partial charge in [-0.2, -0.15) is 4.31 Å². The van der Waals surface area contributed by atoms with Crippen LogP contribution < -0.4 is 11.2 Å². The number of aromatic nitrogens is 2. The Morgan fingerprint density at radius 2 is 1.86 bits per heavy atom. The first-order valence-electron chi connectivity index (χ1n) is 9.97. The summed E-state index contributed by atoms with van der Waals surface area (Å²) in [6, 6.07) is 8.45. The number of nitrogens with one attached hydrogen (secondary N) is 2. The summed E-state index contributed by atoms with van der Waals surface area (Å²) in [6.45, 7) is 4.91. The molecule has 9 heteroatoms. The monoisotopic (exact) mass is 418 g/mol. The standard InChI is InChI=1S/C20H26N4O4S/c1-14-18(19(25)22-20(26)21-14)29(27,28)24-9-4-5-15(12-24)11-23-10-8-16-6-2-3-7-17(16)13-23/h2-3,6-7,15H,4-5,8-13H2,1H3,(H2,21,22,25,26). The van der Waals surface area contributed by atoms with Crippen molar-refractivity contribution in [3.05, 3.63) is 61.9 Å². The Kier molecular flexibility index (Phi) is 5.46. The smallest absolute Gasteiger partial charge is 0.310 e. The number of aromatic amines is 2. The molecule has 1 fully saturated rings. The van der Waals surface area contributed by atoms with Crippen LogP contribution in [0, 0.1) is 12.8 Å². The van der Waals surface area contributed by atoms with Crippen LogP contribution >= 0.6 is 0 Å². The molecule has 1 unspecified atom stereocenters. The maximum Gasteiger partial charge on any atom is 0.325 e. The number of fused-ring (bicyclic) bond motifs is 1. The van der Waals surface area contributed by atoms with Crippen molar-refractivity contribution in [2.75, 3.05) is 26.2 Å². The number of piperidine rings is 1. The molecule has 4 rings (SSSR count). The quantitative estimate of drug-likeness (QED) is 0.765. The van der Waals surface area contributed by atoms with Crippen molar-refractivity contribution in [1.29, 1.82) is 0 Å². The Bertz CT molecular complexity index is 1120. The van der Waals surface area contributed by atoms with Gasteiger partial charge in [-0.15, -0.1) is 0 Å². The van der Waals surface area contributed by atoms with E-state index in [2.05, 4.69) is 34.1 Å². The van der Waals surface area contributed by atoms with E-state index in [0.717, 1.165) is 38.9 Å². The molecule has 2 aliphatic rings. The maximum absolute atomic E-state index is 13.1. The molecular formula is C20H26N4O4S. The van der Waals surface area contributed by atoms with Gasteiger partial charge in [-0.25, -0.2) is 13.2 Å². The van der Waals surface area contributed by atoms with E-state index in [9.17, 15) is 18.0 Å². The Hall–Kier alpha value is -2.23. The van der Waals surface area contributed by atoms with Crippen molar-refractivity contribution >= 4 is 10.0 Å². The van der Waals surface area contributed by atoms with Crippen LogP contribution in [0.3, 0.4) is 0 Å². The van der Waals surface area contributed by atoms with Crippen molar-refractivity contribution in [3.8, 4) is 0 Å². The lowest BCUT2D eigenvalue weighted by atomic mass is 9.95. The lowest BCUT2D eigenvalue weighted by molar-refractivity contribution is 0.167. The Labute approximate surface area is 169 Å². The van der Waals surface area contributed by atoms with E-state index < -0.39 is 21.3 Å². The van der Waals surface area contributed by atoms with E-state index in [1.165, 1.54) is 22.4 Å². The molecule has 2 aliphatic heterocycles. The number of hydrogen-bond acceptors (Lipinski definition) is 5. The van der Waals surface area contributed by atoms with Gasteiger partial charge < -0.3 is 4.98 Å². The molecule has 1 atom stereocenters. The van der Waals surface area contributed by atoms with E-state index in [-0.39, 0.29) is 16.5 Å². The third kappa shape index (κ3) is 4.08. The van der Waals surface area contributed by atoms with E-state index in [0.29, 0.717) is 13.1 Å². The number of rotatable bonds is 4. The largest absolute Gasteiger partial charge is 0.325 e. The highest BCUT2D eigenvalue weighted by Crippen LogP contribution is 2.26. The van der Waals surface area contributed by atoms with Crippen LogP contribution in [0.25, 0.3) is 0 Å². The van der Waals surface area contributed by atoms with Gasteiger partial charge in [-0.05, 0) is 43.2 Å². The average molecular weight is 419 g/mol. The molecule has 0 bridgehead atoms. The molecule has 8 nitrogen and oxygen atoms in total. The normalized spacial score (nSPS) is 21.1. The highest BCUT2D eigenvalue weighted by molar-refractivity contribution is 7.89. The zero-order valence-electron chi connectivity index (χ0n) is 16.5. The molecule has 1 saturated heterocycles. The summed E-state index contributed by atoms with van der Waals surface area (Å²) in [5.74, 6) is 0.214. The zero-order valence-corrected chi connectivity index (χ0v) is 17.3. The fourth-order valence-corrected chi connectivity index (χ4v) is 6.26. The maximum atomic E-state index is 13.1. The molecule has 0 aliphatic carbocycles. The van der Waals surface area contributed by atoms with Crippen molar-refractivity contribution < 1.29 is 8.42 Å². The number of aryl methyl sites for hydroxylation is 1. The van der Waals surface area contributed by atoms with Crippen LogP contribution in [0.1, 0.15) is 29.7 Å². The van der Waals surface area contributed by atoms with E-state index in [1.807, 2.05) is 4.98 Å². The number of sulfonamides is 1. The molecule has 2 aromatic rings. The van der Waals surface area contributed by atoms with Gasteiger partial charge in [0.05, 0.1) is 0 Å². The molecule has 2 N–H and O–H groups in total. The van der Waals surface area contributed by atoms with E-state index in [1.54, 1.807) is 0 Å². The third-order valence-electron chi connectivity index (χ3n) is 5.88. The summed E-state index contributed by atoms with van der Waals surface area (Å²) < 4.78 is 27.6. The van der Waals surface area contributed by atoms with Gasteiger partial charge in [0.2, 0.25) is 10.0 Å². The second-order valence-corrected chi connectivity index (χ2v) is 9.86. The summed E-state index contributed by atoms with van der Waals surface area (Å²) in [5, 5.41) is 0. The van der Waals surface area contributed by atoms with Crippen LogP contribution in [0.2, 0.25) is 0 Å². The Balaban J connectivity index is 1.49. The van der Waals surface area contributed by atoms with Gasteiger partial charge >= 0.3 is 5.69 Å². The summed E-state index contributed by atoms with van der Waals surface area (Å²) in [4.78, 5) is 30.0. The molecule has 0 spiro atoms. The molecule has 156 valence electrons. The molecule has 3 heterocycles. The first kappa shape index (κ1) is 20.1. The number of benzene rings is 1. The van der Waals surface area contributed by atoms with Crippen molar-refractivity contribution in [3.63, 3.8) is 0 Å². The predicted molar refractivity (Wildman–Crippen MR) is 109 cm³/mol. The summed E-state index contributed by atoms with van der Waals surface area (Å²) in [7, 11) is -3.96. The minimum absolute atomic E-state index is 0.0773. The first-order valence-corrected chi connectivity index (χ1v) is 11.4. The zero-order chi connectivity index (χ0) is 20.6. The molecule has 0 amide bonds. The summed E-state index contributed by atoms with van der Waals surface area (Å²) in [6.07, 6.45) is 2.73. The molecular weight excluding hydrogens is 392 g/mol. The highest BCUT2D eigenvalue weighted by atomic mass is 32.2. The van der Waals surface area contributed by atoms with Gasteiger partial charge in [0.1, 0.15) is 0 Å². The van der Waals surface area contributed by atoms with E-state index >= 15 is 0 Å². The second kappa shape index (κ2) is 7.89. The first-order chi connectivity index (χ1) is 13.8. The topological polar surface area (TPSA) is 106 Å². The highest BCUT2D eigenvalue weighted by Gasteiger charge is 2.34. The van der Waals surface area contributed by atoms with Gasteiger partial charge in [0.25, 0.3) is 5.56 Å². The van der Waals surface area contributed by atoms with Crippen molar-refractivity contribution in [2.45, 2.75) is 37.6 Å². The number of H-pyrrole nitrogens is 2. The average Bonchev–Trinajstić information content (AvgIpc) is 2.67. The lowest BCUT2D eigenvalue weighted by Gasteiger charge is -2.36. The molecule has 1 aromatic carbocycles. The van der Waals surface area contributed by atoms with Gasteiger partial charge in [0.15, 0.2) is 4.90 Å². The van der Waals surface area contributed by atoms with Crippen LogP contribution in [-0.2, 0) is 23.0 Å². The lowest BCUT2D eigenvalue weighted by Crippen LogP contribution is -2.46. The fourth-order valence-electron chi connectivity index (χ4n) is 4.50.